The molecule has 0 radical (unpaired) electrons. The van der Waals surface area contributed by atoms with Crippen molar-refractivity contribution in [3.63, 3.8) is 0 Å². The molecule has 0 saturated carbocycles. The number of amides is 2. The largest absolute Gasteiger partial charge is 0.383 e. The van der Waals surface area contributed by atoms with Crippen LogP contribution in [0.4, 0.5) is 5.69 Å². The summed E-state index contributed by atoms with van der Waals surface area (Å²) in [5, 5.41) is 2.60. The van der Waals surface area contributed by atoms with Gasteiger partial charge in [-0.25, -0.2) is 4.98 Å². The van der Waals surface area contributed by atoms with Gasteiger partial charge in [0.2, 0.25) is 0 Å². The van der Waals surface area contributed by atoms with E-state index < -0.39 is 11.8 Å². The molecule has 1 aromatic carbocycles. The van der Waals surface area contributed by atoms with Crippen LogP contribution in [0.1, 0.15) is 0 Å². The summed E-state index contributed by atoms with van der Waals surface area (Å²) in [6.45, 7) is 1.35. The molecular weight excluding hydrogens is 300 g/mol. The van der Waals surface area contributed by atoms with Crippen molar-refractivity contribution in [2.75, 3.05) is 45.8 Å². The summed E-state index contributed by atoms with van der Waals surface area (Å²) in [4.78, 5) is 32.8. The molecule has 1 heterocycles. The van der Waals surface area contributed by atoms with E-state index in [0.29, 0.717) is 32.0 Å². The zero-order chi connectivity index (χ0) is 16.7. The van der Waals surface area contributed by atoms with Crippen LogP contribution in [-0.4, -0.2) is 67.2 Å². The topological polar surface area (TPSA) is 96.6 Å². The maximum absolute atomic E-state index is 12.3. The third kappa shape index (κ3) is 4.51. The predicted octanol–water partition coefficient (Wildman–Crippen LogP) is 0.623. The normalized spacial score (nSPS) is 10.7. The van der Waals surface area contributed by atoms with Crippen molar-refractivity contribution in [2.45, 2.75) is 0 Å². The molecular formula is C15H20N4O4. The monoisotopic (exact) mass is 320 g/mol. The van der Waals surface area contributed by atoms with Crippen LogP contribution in [0, 0.1) is 0 Å². The first-order valence-corrected chi connectivity index (χ1v) is 7.17. The first-order valence-electron chi connectivity index (χ1n) is 7.17. The number of imidazole rings is 1. The number of carbonyl (C=O) groups is 2. The van der Waals surface area contributed by atoms with Gasteiger partial charge in [0.05, 0.1) is 30.6 Å². The average Bonchev–Trinajstić information content (AvgIpc) is 3.02. The quantitative estimate of drug-likeness (QED) is 0.729. The van der Waals surface area contributed by atoms with Crippen LogP contribution in [0.2, 0.25) is 0 Å². The van der Waals surface area contributed by atoms with Gasteiger partial charge < -0.3 is 24.7 Å². The van der Waals surface area contributed by atoms with Crippen LogP contribution >= 0.6 is 0 Å². The summed E-state index contributed by atoms with van der Waals surface area (Å²) < 4.78 is 9.92. The lowest BCUT2D eigenvalue weighted by molar-refractivity contribution is -0.144. The Balaban J connectivity index is 2.02. The molecule has 0 aliphatic carbocycles. The lowest BCUT2D eigenvalue weighted by Gasteiger charge is -2.21. The number of rotatable bonds is 7. The maximum atomic E-state index is 12.3. The van der Waals surface area contributed by atoms with E-state index in [1.165, 1.54) is 4.90 Å². The van der Waals surface area contributed by atoms with Crippen LogP contribution in [0.3, 0.4) is 0 Å². The summed E-state index contributed by atoms with van der Waals surface area (Å²) in [6.07, 6.45) is 1.57. The first-order chi connectivity index (χ1) is 11.2. The SMILES string of the molecule is COCCN(CCOC)C(=O)C(=O)Nc1ccc2nc[nH]c2c1. The smallest absolute Gasteiger partial charge is 0.313 e. The minimum atomic E-state index is -0.698. The molecule has 0 atom stereocenters. The fourth-order valence-corrected chi connectivity index (χ4v) is 2.06. The summed E-state index contributed by atoms with van der Waals surface area (Å²) in [5.74, 6) is -1.32. The molecule has 2 N–H and O–H groups in total. The second-order valence-electron chi connectivity index (χ2n) is 4.87. The van der Waals surface area contributed by atoms with E-state index in [4.69, 9.17) is 9.47 Å². The number of anilines is 1. The molecule has 8 nitrogen and oxygen atoms in total. The van der Waals surface area contributed by atoms with Gasteiger partial charge >= 0.3 is 11.8 Å². The molecule has 0 fully saturated rings. The van der Waals surface area contributed by atoms with E-state index in [-0.39, 0.29) is 0 Å². The third-order valence-corrected chi connectivity index (χ3v) is 3.29. The number of H-pyrrole nitrogens is 1. The Morgan fingerprint density at radius 3 is 2.57 bits per heavy atom. The molecule has 1 aromatic heterocycles. The van der Waals surface area contributed by atoms with Crippen LogP contribution in [-0.2, 0) is 19.1 Å². The highest BCUT2D eigenvalue weighted by atomic mass is 16.5. The number of hydrogen-bond donors (Lipinski definition) is 2. The number of hydrogen-bond acceptors (Lipinski definition) is 5. The predicted molar refractivity (Wildman–Crippen MR) is 85.1 cm³/mol. The van der Waals surface area contributed by atoms with Gasteiger partial charge in [-0.3, -0.25) is 9.59 Å². The van der Waals surface area contributed by atoms with Crippen LogP contribution in [0.15, 0.2) is 24.5 Å². The Bertz CT molecular complexity index is 662. The summed E-state index contributed by atoms with van der Waals surface area (Å²) in [5.41, 5.74) is 2.10. The van der Waals surface area contributed by atoms with Gasteiger partial charge in [-0.05, 0) is 18.2 Å². The molecule has 2 amide bonds. The number of aromatic nitrogens is 2. The van der Waals surface area contributed by atoms with Crippen LogP contribution in [0.5, 0.6) is 0 Å². The van der Waals surface area contributed by atoms with Crippen LogP contribution < -0.4 is 5.32 Å². The van der Waals surface area contributed by atoms with Gasteiger partial charge in [-0.2, -0.15) is 0 Å². The molecule has 2 rings (SSSR count). The molecule has 0 unspecified atom stereocenters. The molecule has 0 bridgehead atoms. The van der Waals surface area contributed by atoms with Gasteiger partial charge in [-0.15, -0.1) is 0 Å². The molecule has 2 aromatic rings. The van der Waals surface area contributed by atoms with Crippen LogP contribution in [0.25, 0.3) is 11.0 Å². The number of methoxy groups -OCH3 is 2. The molecule has 0 aliphatic heterocycles. The first kappa shape index (κ1) is 16.9. The molecule has 8 heteroatoms. The minimum absolute atomic E-state index is 0.325. The van der Waals surface area contributed by atoms with E-state index in [0.717, 1.165) is 11.0 Å². The lowest BCUT2D eigenvalue weighted by atomic mass is 10.2. The second kappa shape index (κ2) is 8.25. The Kier molecular flexibility index (Phi) is 6.07. The number of benzene rings is 1. The summed E-state index contributed by atoms with van der Waals surface area (Å²) >= 11 is 0. The number of aromatic amines is 1. The van der Waals surface area contributed by atoms with E-state index in [1.54, 1.807) is 38.7 Å². The van der Waals surface area contributed by atoms with Crippen molar-refractivity contribution in [3.8, 4) is 0 Å². The number of fused-ring (bicyclic) bond motifs is 1. The van der Waals surface area contributed by atoms with Gasteiger partial charge in [0.1, 0.15) is 0 Å². The average molecular weight is 320 g/mol. The van der Waals surface area contributed by atoms with E-state index >= 15 is 0 Å². The standard InChI is InChI=1S/C15H20N4O4/c1-22-7-5-19(6-8-23-2)15(21)14(20)18-11-3-4-12-13(9-11)17-10-16-12/h3-4,9-10H,5-8H2,1-2H3,(H,16,17)(H,18,20). The van der Waals surface area contributed by atoms with Gasteiger partial charge in [0, 0.05) is 33.0 Å². The lowest BCUT2D eigenvalue weighted by Crippen LogP contribution is -2.43. The number of nitrogens with zero attached hydrogens (tertiary/aromatic N) is 2. The van der Waals surface area contributed by atoms with Crippen molar-refractivity contribution >= 4 is 28.5 Å². The van der Waals surface area contributed by atoms with Gasteiger partial charge in [0.15, 0.2) is 0 Å². The van der Waals surface area contributed by atoms with Crippen molar-refractivity contribution in [1.29, 1.82) is 0 Å². The van der Waals surface area contributed by atoms with E-state index in [9.17, 15) is 9.59 Å². The fourth-order valence-electron chi connectivity index (χ4n) is 2.06. The van der Waals surface area contributed by atoms with Gasteiger partial charge in [0.25, 0.3) is 0 Å². The highest BCUT2D eigenvalue weighted by molar-refractivity contribution is 6.39. The fraction of sp³-hybridized carbons (Fsp3) is 0.400. The second-order valence-corrected chi connectivity index (χ2v) is 4.87. The van der Waals surface area contributed by atoms with E-state index in [2.05, 4.69) is 15.3 Å². The number of nitrogens with one attached hydrogen (secondary N) is 2. The zero-order valence-electron chi connectivity index (χ0n) is 13.2. The molecule has 124 valence electrons. The van der Waals surface area contributed by atoms with Crippen molar-refractivity contribution in [1.82, 2.24) is 14.9 Å². The maximum Gasteiger partial charge on any atom is 0.313 e. The Morgan fingerprint density at radius 1 is 1.22 bits per heavy atom. The molecule has 23 heavy (non-hydrogen) atoms. The Hall–Kier alpha value is -2.45. The summed E-state index contributed by atoms with van der Waals surface area (Å²) in [6, 6.07) is 5.19. The number of carbonyl (C=O) groups excluding carboxylic acids is 2. The molecule has 0 spiro atoms. The zero-order valence-corrected chi connectivity index (χ0v) is 13.2. The van der Waals surface area contributed by atoms with Crippen molar-refractivity contribution in [2.24, 2.45) is 0 Å². The molecule has 0 saturated heterocycles. The number of ether oxygens (including phenoxy) is 2. The Labute approximate surface area is 133 Å². The third-order valence-electron chi connectivity index (χ3n) is 3.29. The van der Waals surface area contributed by atoms with Gasteiger partial charge in [-0.1, -0.05) is 0 Å². The molecule has 0 aliphatic rings. The van der Waals surface area contributed by atoms with E-state index in [1.807, 2.05) is 0 Å². The summed E-state index contributed by atoms with van der Waals surface area (Å²) in [7, 11) is 3.08. The van der Waals surface area contributed by atoms with Crippen molar-refractivity contribution in [3.05, 3.63) is 24.5 Å². The minimum Gasteiger partial charge on any atom is -0.383 e. The Morgan fingerprint density at radius 2 is 1.91 bits per heavy atom. The highest BCUT2D eigenvalue weighted by Gasteiger charge is 2.21. The highest BCUT2D eigenvalue weighted by Crippen LogP contribution is 2.15. The van der Waals surface area contributed by atoms with Crippen molar-refractivity contribution < 1.29 is 19.1 Å².